The van der Waals surface area contributed by atoms with E-state index in [4.69, 9.17) is 5.73 Å². The molecule has 0 aliphatic heterocycles. The van der Waals surface area contributed by atoms with E-state index in [0.29, 0.717) is 6.54 Å². The van der Waals surface area contributed by atoms with Crippen LogP contribution >= 0.6 is 0 Å². The minimum absolute atomic E-state index is 0.0724. The van der Waals surface area contributed by atoms with Gasteiger partial charge in [-0.25, -0.2) is 0 Å². The van der Waals surface area contributed by atoms with Gasteiger partial charge < -0.3 is 11.1 Å². The molecule has 0 heterocycles. The van der Waals surface area contributed by atoms with Crippen molar-refractivity contribution in [2.24, 2.45) is 5.73 Å². The number of nitrogens with one attached hydrogen (secondary N) is 1. The van der Waals surface area contributed by atoms with Crippen LogP contribution in [0.3, 0.4) is 0 Å². The fourth-order valence-electron chi connectivity index (χ4n) is 0.585. The Balaban J connectivity index is 3.36. The highest BCUT2D eigenvalue weighted by Gasteiger charge is 2.12. The van der Waals surface area contributed by atoms with Crippen molar-refractivity contribution in [3.63, 3.8) is 0 Å². The van der Waals surface area contributed by atoms with Crippen molar-refractivity contribution in [1.82, 2.24) is 5.32 Å². The Bertz CT molecular complexity index is 97.4. The fraction of sp³-hybridized carbons (Fsp3) is 0.750. The molecular formula is C8H18N2. The molecule has 0 bridgehead atoms. The first kappa shape index (κ1) is 9.66. The molecule has 10 heavy (non-hydrogen) atoms. The van der Waals surface area contributed by atoms with Crippen molar-refractivity contribution in [1.29, 1.82) is 0 Å². The maximum Gasteiger partial charge on any atom is 0.0247 e. The molecule has 0 unspecified atom stereocenters. The van der Waals surface area contributed by atoms with Crippen molar-refractivity contribution in [2.75, 3.05) is 13.1 Å². The van der Waals surface area contributed by atoms with Crippen LogP contribution in [0.4, 0.5) is 0 Å². The van der Waals surface area contributed by atoms with Gasteiger partial charge >= 0.3 is 0 Å². The van der Waals surface area contributed by atoms with Gasteiger partial charge in [-0.1, -0.05) is 6.08 Å². The molecule has 0 amide bonds. The van der Waals surface area contributed by atoms with Gasteiger partial charge in [0.1, 0.15) is 0 Å². The topological polar surface area (TPSA) is 38.0 Å². The third-order valence-corrected chi connectivity index (χ3v) is 1.46. The normalized spacial score (nSPS) is 11.5. The third kappa shape index (κ3) is 4.53. The van der Waals surface area contributed by atoms with E-state index in [1.165, 1.54) is 0 Å². The first-order chi connectivity index (χ1) is 4.62. The summed E-state index contributed by atoms with van der Waals surface area (Å²) in [6.45, 7) is 9.46. The lowest BCUT2D eigenvalue weighted by Gasteiger charge is -2.23. The van der Waals surface area contributed by atoms with Gasteiger partial charge in [0, 0.05) is 12.1 Å². The van der Waals surface area contributed by atoms with Crippen LogP contribution in [0, 0.1) is 0 Å². The molecular weight excluding hydrogens is 124 g/mol. The summed E-state index contributed by atoms with van der Waals surface area (Å²) in [7, 11) is 0. The molecule has 3 N–H and O–H groups in total. The van der Waals surface area contributed by atoms with E-state index >= 15 is 0 Å². The second-order valence-corrected chi connectivity index (χ2v) is 3.09. The molecule has 0 radical (unpaired) electrons. The van der Waals surface area contributed by atoms with Gasteiger partial charge in [0.25, 0.3) is 0 Å². The number of rotatable bonds is 5. The Morgan fingerprint density at radius 1 is 1.60 bits per heavy atom. The highest BCUT2D eigenvalue weighted by molar-refractivity contribution is 4.79. The molecule has 60 valence electrons. The molecule has 0 aromatic carbocycles. The molecule has 0 aliphatic carbocycles. The van der Waals surface area contributed by atoms with Crippen molar-refractivity contribution >= 4 is 0 Å². The zero-order valence-corrected chi connectivity index (χ0v) is 6.98. The van der Waals surface area contributed by atoms with Gasteiger partial charge in [-0.2, -0.15) is 0 Å². The molecule has 0 rings (SSSR count). The summed E-state index contributed by atoms with van der Waals surface area (Å²) in [5, 5.41) is 3.31. The predicted octanol–water partition coefficient (Wildman–Crippen LogP) is 0.889. The molecule has 0 aliphatic rings. The van der Waals surface area contributed by atoms with Gasteiger partial charge in [0.15, 0.2) is 0 Å². The summed E-state index contributed by atoms with van der Waals surface area (Å²) in [5.74, 6) is 0. The molecule has 0 saturated carbocycles. The number of nitrogens with two attached hydrogens (primary N) is 1. The second kappa shape index (κ2) is 4.47. The molecule has 2 nitrogen and oxygen atoms in total. The Kier molecular flexibility index (Phi) is 4.32. The molecule has 0 aromatic rings. The smallest absolute Gasteiger partial charge is 0.0247 e. The Hall–Kier alpha value is -0.340. The zero-order valence-electron chi connectivity index (χ0n) is 6.98. The zero-order chi connectivity index (χ0) is 8.04. The lowest BCUT2D eigenvalue weighted by molar-refractivity contribution is 0.403. The fourth-order valence-corrected chi connectivity index (χ4v) is 0.585. The Labute approximate surface area is 63.5 Å². The van der Waals surface area contributed by atoms with Gasteiger partial charge in [0.05, 0.1) is 0 Å². The molecule has 0 spiro atoms. The quantitative estimate of drug-likeness (QED) is 0.442. The van der Waals surface area contributed by atoms with Crippen LogP contribution < -0.4 is 11.1 Å². The highest BCUT2D eigenvalue weighted by atomic mass is 15.0. The highest BCUT2D eigenvalue weighted by Crippen LogP contribution is 1.97. The number of hydrogen-bond acceptors (Lipinski definition) is 2. The molecule has 0 aromatic heterocycles. The molecule has 2 heteroatoms. The van der Waals surface area contributed by atoms with Gasteiger partial charge in [-0.05, 0) is 26.8 Å². The van der Waals surface area contributed by atoms with Crippen LogP contribution in [0.2, 0.25) is 0 Å². The standard InChI is InChI=1S/C8H18N2/c1-4-5-6-10-8(2,3)7-9/h4,10H,1,5-7,9H2,2-3H3. The average Bonchev–Trinajstić information content (AvgIpc) is 1.89. The summed E-state index contributed by atoms with van der Waals surface area (Å²) < 4.78 is 0. The maximum atomic E-state index is 5.50. The second-order valence-electron chi connectivity index (χ2n) is 3.09. The Morgan fingerprint density at radius 2 is 2.20 bits per heavy atom. The SMILES string of the molecule is C=CCCNC(C)(C)CN. The average molecular weight is 142 g/mol. The minimum atomic E-state index is 0.0724. The summed E-state index contributed by atoms with van der Waals surface area (Å²) in [6, 6.07) is 0. The minimum Gasteiger partial charge on any atom is -0.329 e. The van der Waals surface area contributed by atoms with Crippen molar-refractivity contribution in [3.05, 3.63) is 12.7 Å². The van der Waals surface area contributed by atoms with Crippen LogP contribution in [-0.2, 0) is 0 Å². The summed E-state index contributed by atoms with van der Waals surface area (Å²) in [4.78, 5) is 0. The van der Waals surface area contributed by atoms with Gasteiger partial charge in [-0.15, -0.1) is 6.58 Å². The van der Waals surface area contributed by atoms with Crippen LogP contribution in [0.1, 0.15) is 20.3 Å². The summed E-state index contributed by atoms with van der Waals surface area (Å²) in [5.41, 5.74) is 5.57. The molecule has 0 atom stereocenters. The van der Waals surface area contributed by atoms with Crippen molar-refractivity contribution < 1.29 is 0 Å². The van der Waals surface area contributed by atoms with Crippen LogP contribution in [0.25, 0.3) is 0 Å². The van der Waals surface area contributed by atoms with Crippen molar-refractivity contribution in [2.45, 2.75) is 25.8 Å². The van der Waals surface area contributed by atoms with E-state index in [2.05, 4.69) is 25.7 Å². The van der Waals surface area contributed by atoms with Crippen molar-refractivity contribution in [3.8, 4) is 0 Å². The van der Waals surface area contributed by atoms with E-state index in [9.17, 15) is 0 Å². The van der Waals surface area contributed by atoms with Crippen LogP contribution in [0.15, 0.2) is 12.7 Å². The van der Waals surface area contributed by atoms with E-state index in [0.717, 1.165) is 13.0 Å². The first-order valence-corrected chi connectivity index (χ1v) is 3.68. The van der Waals surface area contributed by atoms with E-state index < -0.39 is 0 Å². The van der Waals surface area contributed by atoms with Gasteiger partial charge in [-0.3, -0.25) is 0 Å². The van der Waals surface area contributed by atoms with Crippen LogP contribution in [0.5, 0.6) is 0 Å². The van der Waals surface area contributed by atoms with Gasteiger partial charge in [0.2, 0.25) is 0 Å². The Morgan fingerprint density at radius 3 is 2.60 bits per heavy atom. The molecule has 0 saturated heterocycles. The maximum absolute atomic E-state index is 5.50. The largest absolute Gasteiger partial charge is 0.329 e. The van der Waals surface area contributed by atoms with E-state index in [1.807, 2.05) is 6.08 Å². The monoisotopic (exact) mass is 142 g/mol. The number of hydrogen-bond donors (Lipinski definition) is 2. The van der Waals surface area contributed by atoms with Crippen LogP contribution in [-0.4, -0.2) is 18.6 Å². The molecule has 0 fully saturated rings. The summed E-state index contributed by atoms with van der Waals surface area (Å²) in [6.07, 6.45) is 2.91. The third-order valence-electron chi connectivity index (χ3n) is 1.46. The lowest BCUT2D eigenvalue weighted by atomic mass is 10.1. The summed E-state index contributed by atoms with van der Waals surface area (Å²) >= 11 is 0. The predicted molar refractivity (Wildman–Crippen MR) is 46.0 cm³/mol. The van der Waals surface area contributed by atoms with E-state index in [1.54, 1.807) is 0 Å². The first-order valence-electron chi connectivity index (χ1n) is 3.68. The van der Waals surface area contributed by atoms with E-state index in [-0.39, 0.29) is 5.54 Å². The lowest BCUT2D eigenvalue weighted by Crippen LogP contribution is -2.46.